The van der Waals surface area contributed by atoms with Crippen molar-refractivity contribution in [2.75, 3.05) is 6.26 Å². The maximum atomic E-state index is 13.6. The van der Waals surface area contributed by atoms with Crippen molar-refractivity contribution < 1.29 is 17.5 Å². The van der Waals surface area contributed by atoms with Crippen LogP contribution in [0, 0.1) is 18.7 Å². The zero-order valence-corrected chi connectivity index (χ0v) is 17.2. The fraction of sp³-hybridized carbons (Fsp3) is 0.526. The minimum absolute atomic E-state index is 0.00317. The van der Waals surface area contributed by atoms with Gasteiger partial charge in [0.1, 0.15) is 17.7 Å². The first kappa shape index (κ1) is 20.3. The number of aromatic nitrogens is 2. The van der Waals surface area contributed by atoms with Crippen LogP contribution in [-0.4, -0.2) is 30.7 Å². The van der Waals surface area contributed by atoms with Crippen molar-refractivity contribution in [2.24, 2.45) is 5.92 Å². The molecule has 1 saturated carbocycles. The molecule has 0 radical (unpaired) electrons. The van der Waals surface area contributed by atoms with Crippen LogP contribution in [-0.2, 0) is 14.6 Å². The summed E-state index contributed by atoms with van der Waals surface area (Å²) in [6.07, 6.45) is 4.50. The topological polar surface area (TPSA) is 72.0 Å². The second-order valence-electron chi connectivity index (χ2n) is 7.40. The van der Waals surface area contributed by atoms with Gasteiger partial charge in [0.05, 0.1) is 16.8 Å². The van der Waals surface area contributed by atoms with Crippen LogP contribution in [0.2, 0.25) is 5.02 Å². The number of rotatable bonds is 5. The smallest absolute Gasteiger partial charge is 0.194 e. The predicted octanol–water partition coefficient (Wildman–Crippen LogP) is 4.60. The van der Waals surface area contributed by atoms with Crippen LogP contribution < -0.4 is 0 Å². The third kappa shape index (κ3) is 4.70. The number of halogens is 2. The van der Waals surface area contributed by atoms with Crippen molar-refractivity contribution in [2.45, 2.75) is 56.8 Å². The summed E-state index contributed by atoms with van der Waals surface area (Å²) < 4.78 is 43.8. The summed E-state index contributed by atoms with van der Waals surface area (Å²) in [5.74, 6) is 0.540. The third-order valence-corrected chi connectivity index (χ3v) is 6.39. The molecule has 1 aromatic carbocycles. The molecule has 3 rings (SSSR count). The van der Waals surface area contributed by atoms with Gasteiger partial charge in [-0.2, -0.15) is 0 Å². The molecule has 0 saturated heterocycles. The van der Waals surface area contributed by atoms with Gasteiger partial charge >= 0.3 is 0 Å². The Bertz CT molecular complexity index is 921. The van der Waals surface area contributed by atoms with Crippen molar-refractivity contribution in [1.82, 2.24) is 9.97 Å². The molecule has 5 nitrogen and oxygen atoms in total. The van der Waals surface area contributed by atoms with Crippen LogP contribution in [0.3, 0.4) is 0 Å². The van der Waals surface area contributed by atoms with Gasteiger partial charge in [-0.25, -0.2) is 17.8 Å². The first-order valence-electron chi connectivity index (χ1n) is 9.02. The lowest BCUT2D eigenvalue weighted by Crippen LogP contribution is -2.24. The normalized spacial score (nSPS) is 22.0. The number of nitrogens with zero attached hydrogens (tertiary/aromatic N) is 1. The average molecular weight is 415 g/mol. The largest absolute Gasteiger partial charge is 0.362 e. The number of benzene rings is 1. The molecule has 0 amide bonds. The van der Waals surface area contributed by atoms with Gasteiger partial charge in [0.25, 0.3) is 0 Å². The quantitative estimate of drug-likeness (QED) is 0.776. The summed E-state index contributed by atoms with van der Waals surface area (Å²) in [6, 6.07) is 4.38. The van der Waals surface area contributed by atoms with Crippen molar-refractivity contribution in [3.63, 3.8) is 0 Å². The number of aryl methyl sites for hydroxylation is 1. The minimum Gasteiger partial charge on any atom is -0.362 e. The fourth-order valence-corrected chi connectivity index (χ4v) is 4.55. The number of hydrogen-bond acceptors (Lipinski definition) is 4. The van der Waals surface area contributed by atoms with E-state index in [0.717, 1.165) is 31.9 Å². The van der Waals surface area contributed by atoms with Crippen LogP contribution in [0.1, 0.15) is 55.8 Å². The fourth-order valence-electron chi connectivity index (χ4n) is 3.49. The molecule has 1 aliphatic rings. The molecule has 1 atom stereocenters. The maximum absolute atomic E-state index is 13.6. The summed E-state index contributed by atoms with van der Waals surface area (Å²) in [6.45, 7) is 3.88. The van der Waals surface area contributed by atoms with Crippen LogP contribution >= 0.6 is 11.6 Å². The minimum atomic E-state index is -3.47. The molecule has 27 heavy (non-hydrogen) atoms. The van der Waals surface area contributed by atoms with Gasteiger partial charge in [0, 0.05) is 6.26 Å². The number of nitrogens with one attached hydrogen (secondary N) is 1. The number of aromatic amines is 1. The summed E-state index contributed by atoms with van der Waals surface area (Å²) >= 11 is 5.96. The summed E-state index contributed by atoms with van der Waals surface area (Å²) in [4.78, 5) is 7.32. The van der Waals surface area contributed by atoms with E-state index in [-0.39, 0.29) is 16.2 Å². The number of H-pyrrole nitrogens is 1. The average Bonchev–Trinajstić information content (AvgIpc) is 2.99. The molecule has 0 spiro atoms. The van der Waals surface area contributed by atoms with E-state index < -0.39 is 21.8 Å². The molecule has 1 N–H and O–H groups in total. The van der Waals surface area contributed by atoms with Gasteiger partial charge in [0.15, 0.2) is 14.9 Å². The zero-order chi connectivity index (χ0) is 19.8. The van der Waals surface area contributed by atoms with Gasteiger partial charge in [-0.3, -0.25) is 0 Å². The Kier molecular flexibility index (Phi) is 5.93. The Morgan fingerprint density at radius 1 is 1.30 bits per heavy atom. The van der Waals surface area contributed by atoms with E-state index in [2.05, 4.69) is 16.9 Å². The summed E-state index contributed by atoms with van der Waals surface area (Å²) in [5.41, 5.74) is 1.08. The Morgan fingerprint density at radius 3 is 2.52 bits per heavy atom. The van der Waals surface area contributed by atoms with Crippen molar-refractivity contribution in [3.05, 3.63) is 46.1 Å². The SMILES string of the molecule is Cc1[nH]c(C(O[C@H]2CC[C@H](C)CC2)c2ccc(F)c(Cl)c2)nc1S(C)(=O)=O. The highest BCUT2D eigenvalue weighted by atomic mass is 35.5. The van der Waals surface area contributed by atoms with E-state index in [0.29, 0.717) is 23.0 Å². The van der Waals surface area contributed by atoms with Gasteiger partial charge in [0.2, 0.25) is 0 Å². The first-order valence-corrected chi connectivity index (χ1v) is 11.3. The maximum Gasteiger partial charge on any atom is 0.194 e. The summed E-state index contributed by atoms with van der Waals surface area (Å²) in [7, 11) is -3.47. The zero-order valence-electron chi connectivity index (χ0n) is 15.6. The van der Waals surface area contributed by atoms with E-state index in [4.69, 9.17) is 16.3 Å². The molecule has 2 aromatic rings. The standard InChI is InChI=1S/C19H24ClFN2O3S/c1-11-4-7-14(8-5-11)26-17(13-6-9-16(21)15(20)10-13)18-22-12(2)19(23-18)27(3,24)25/h6,9-11,14,17H,4-5,7-8H2,1-3H3,(H,22,23)/t11-,14-,17?. The Balaban J connectivity index is 1.98. The van der Waals surface area contributed by atoms with Crippen LogP contribution in [0.4, 0.5) is 4.39 Å². The van der Waals surface area contributed by atoms with Crippen LogP contribution in [0.5, 0.6) is 0 Å². The molecule has 8 heteroatoms. The van der Waals surface area contributed by atoms with Gasteiger partial charge in [-0.05, 0) is 56.2 Å². The first-order chi connectivity index (χ1) is 12.6. The van der Waals surface area contributed by atoms with Crippen molar-refractivity contribution >= 4 is 21.4 Å². The molecule has 1 fully saturated rings. The van der Waals surface area contributed by atoms with Gasteiger partial charge in [-0.15, -0.1) is 0 Å². The van der Waals surface area contributed by atoms with E-state index in [9.17, 15) is 12.8 Å². The summed E-state index contributed by atoms with van der Waals surface area (Å²) in [5, 5.41) is -0.0124. The second-order valence-corrected chi connectivity index (χ2v) is 9.73. The monoisotopic (exact) mass is 414 g/mol. The van der Waals surface area contributed by atoms with Crippen molar-refractivity contribution in [3.8, 4) is 0 Å². The van der Waals surface area contributed by atoms with E-state index in [1.165, 1.54) is 12.1 Å². The molecular weight excluding hydrogens is 391 g/mol. The predicted molar refractivity (Wildman–Crippen MR) is 102 cm³/mol. The number of ether oxygens (including phenoxy) is 1. The highest BCUT2D eigenvalue weighted by Gasteiger charge is 2.28. The highest BCUT2D eigenvalue weighted by molar-refractivity contribution is 7.90. The van der Waals surface area contributed by atoms with Crippen molar-refractivity contribution in [1.29, 1.82) is 0 Å². The lowest BCUT2D eigenvalue weighted by Gasteiger charge is -2.29. The molecular formula is C19H24ClFN2O3S. The molecule has 1 aromatic heterocycles. The Labute approximate surface area is 164 Å². The third-order valence-electron chi connectivity index (χ3n) is 5.00. The Hall–Kier alpha value is -1.44. The van der Waals surface area contributed by atoms with E-state index >= 15 is 0 Å². The Morgan fingerprint density at radius 2 is 1.96 bits per heavy atom. The lowest BCUT2D eigenvalue weighted by molar-refractivity contribution is -0.0218. The number of sulfone groups is 1. The lowest BCUT2D eigenvalue weighted by atomic mass is 9.89. The molecule has 1 aliphatic carbocycles. The molecule has 148 valence electrons. The molecule has 1 heterocycles. The van der Waals surface area contributed by atoms with Gasteiger partial charge < -0.3 is 9.72 Å². The molecule has 1 unspecified atom stereocenters. The second kappa shape index (κ2) is 7.89. The molecule has 0 bridgehead atoms. The van der Waals surface area contributed by atoms with Gasteiger partial charge in [-0.1, -0.05) is 24.6 Å². The number of hydrogen-bond donors (Lipinski definition) is 1. The molecule has 0 aliphatic heterocycles. The van der Waals surface area contributed by atoms with E-state index in [1.807, 2.05) is 0 Å². The van der Waals surface area contributed by atoms with E-state index in [1.54, 1.807) is 13.0 Å². The van der Waals surface area contributed by atoms with Crippen LogP contribution in [0.15, 0.2) is 23.2 Å². The van der Waals surface area contributed by atoms with Crippen LogP contribution in [0.25, 0.3) is 0 Å². The number of imidazole rings is 1. The highest BCUT2D eigenvalue weighted by Crippen LogP contribution is 2.34.